The Kier molecular flexibility index (Phi) is 7.03. The first-order chi connectivity index (χ1) is 15.5. The molecule has 0 bridgehead atoms. The Morgan fingerprint density at radius 3 is 1.75 bits per heavy atom. The maximum atomic E-state index is 13.0. The average molecular weight is 454 g/mol. The first-order valence-electron chi connectivity index (χ1n) is 10.6. The molecule has 168 valence electrons. The van der Waals surface area contributed by atoms with Crippen molar-refractivity contribution in [2.75, 3.05) is 13.1 Å². The van der Waals surface area contributed by atoms with Crippen LogP contribution in [0.3, 0.4) is 0 Å². The lowest BCUT2D eigenvalue weighted by Crippen LogP contribution is -2.59. The fourth-order valence-electron chi connectivity index (χ4n) is 3.77. The van der Waals surface area contributed by atoms with Crippen LogP contribution >= 0.6 is 0 Å². The second kappa shape index (κ2) is 9.94. The van der Waals surface area contributed by atoms with Gasteiger partial charge in [-0.25, -0.2) is 8.42 Å². The number of aliphatic hydroxyl groups excluding tert-OH is 1. The minimum atomic E-state index is -3.72. The predicted octanol–water partition coefficient (Wildman–Crippen LogP) is 3.57. The number of ether oxygens (including phenoxy) is 2. The van der Waals surface area contributed by atoms with Gasteiger partial charge < -0.3 is 14.6 Å². The highest BCUT2D eigenvalue weighted by atomic mass is 32.2. The first-order valence-corrected chi connectivity index (χ1v) is 12.0. The van der Waals surface area contributed by atoms with Gasteiger partial charge in [0.15, 0.2) is 5.79 Å². The molecule has 0 amide bonds. The van der Waals surface area contributed by atoms with E-state index < -0.39 is 21.9 Å². The van der Waals surface area contributed by atoms with Gasteiger partial charge in [-0.15, -0.1) is 0 Å². The normalized spacial score (nSPS) is 19.0. The molecule has 32 heavy (non-hydrogen) atoms. The Morgan fingerprint density at radius 2 is 1.28 bits per heavy atom. The molecule has 7 heteroatoms. The number of hydrogen-bond acceptors (Lipinski definition) is 5. The fraction of sp³-hybridized carbons (Fsp3) is 0.280. The minimum absolute atomic E-state index is 0.110. The molecule has 0 spiro atoms. The third-order valence-electron chi connectivity index (χ3n) is 5.63. The lowest BCUT2D eigenvalue weighted by atomic mass is 10.0. The van der Waals surface area contributed by atoms with E-state index in [0.29, 0.717) is 0 Å². The maximum Gasteiger partial charge on any atom is 0.243 e. The molecule has 1 saturated heterocycles. The van der Waals surface area contributed by atoms with Crippen LogP contribution in [-0.2, 0) is 32.7 Å². The van der Waals surface area contributed by atoms with Crippen LogP contribution in [0, 0.1) is 0 Å². The molecule has 1 N–H and O–H groups in total. The van der Waals surface area contributed by atoms with Gasteiger partial charge in [-0.2, -0.15) is 4.31 Å². The van der Waals surface area contributed by atoms with Crippen LogP contribution < -0.4 is 0 Å². The molecule has 1 atom stereocenters. The van der Waals surface area contributed by atoms with Crippen molar-refractivity contribution in [3.05, 3.63) is 102 Å². The second-order valence-corrected chi connectivity index (χ2v) is 9.74. The number of β-amino-alcohol motifs (C(OH)–C–C–N with tert-alkyl or cyclic N) is 1. The van der Waals surface area contributed by atoms with Gasteiger partial charge in [-0.05, 0) is 23.3 Å². The third-order valence-corrected chi connectivity index (χ3v) is 7.51. The molecule has 3 aromatic carbocycles. The van der Waals surface area contributed by atoms with E-state index in [-0.39, 0.29) is 37.6 Å². The highest BCUT2D eigenvalue weighted by Crippen LogP contribution is 2.33. The molecular weight excluding hydrogens is 426 g/mol. The summed E-state index contributed by atoms with van der Waals surface area (Å²) in [5.41, 5.74) is 1.89. The van der Waals surface area contributed by atoms with Crippen molar-refractivity contribution in [3.8, 4) is 0 Å². The molecule has 1 aliphatic rings. The van der Waals surface area contributed by atoms with Crippen LogP contribution in [-0.4, -0.2) is 42.8 Å². The lowest BCUT2D eigenvalue weighted by molar-refractivity contribution is -0.307. The maximum absolute atomic E-state index is 13.0. The Labute approximate surface area is 189 Å². The number of hydrogen-bond donors (Lipinski definition) is 1. The SMILES string of the molecule is O=S(=O)(c1ccccc1)N1CCC(OCc2ccccc2)(OCc2ccccc2)C(O)C1. The molecule has 1 heterocycles. The molecule has 1 aliphatic heterocycles. The highest BCUT2D eigenvalue weighted by Gasteiger charge is 2.47. The van der Waals surface area contributed by atoms with Crippen LogP contribution in [0.2, 0.25) is 0 Å². The van der Waals surface area contributed by atoms with Crippen molar-refractivity contribution in [2.24, 2.45) is 0 Å². The van der Waals surface area contributed by atoms with Crippen LogP contribution in [0.25, 0.3) is 0 Å². The largest absolute Gasteiger partial charge is 0.386 e. The summed E-state index contributed by atoms with van der Waals surface area (Å²) in [7, 11) is -3.72. The number of aliphatic hydroxyl groups is 1. The summed E-state index contributed by atoms with van der Waals surface area (Å²) in [5, 5.41) is 11.1. The summed E-state index contributed by atoms with van der Waals surface area (Å²) in [6, 6.07) is 27.5. The summed E-state index contributed by atoms with van der Waals surface area (Å²) >= 11 is 0. The summed E-state index contributed by atoms with van der Waals surface area (Å²) in [5.74, 6) is -1.31. The van der Waals surface area contributed by atoms with E-state index in [4.69, 9.17) is 9.47 Å². The zero-order valence-corrected chi connectivity index (χ0v) is 18.5. The van der Waals surface area contributed by atoms with Gasteiger partial charge in [-0.3, -0.25) is 0 Å². The number of sulfonamides is 1. The molecule has 3 aromatic rings. The topological polar surface area (TPSA) is 76.1 Å². The minimum Gasteiger partial charge on any atom is -0.386 e. The average Bonchev–Trinajstić information content (AvgIpc) is 2.84. The molecule has 1 fully saturated rings. The number of rotatable bonds is 8. The van der Waals surface area contributed by atoms with Crippen LogP contribution in [0.4, 0.5) is 0 Å². The summed E-state index contributed by atoms with van der Waals surface area (Å²) < 4.78 is 39.7. The van der Waals surface area contributed by atoms with Crippen LogP contribution in [0.15, 0.2) is 95.9 Å². The standard InChI is InChI=1S/C25H27NO5S/c27-24-18-26(32(28,29)23-14-8-3-9-15-23)17-16-25(24,30-19-21-10-4-1-5-11-21)31-20-22-12-6-2-7-13-22/h1-15,24,27H,16-20H2. The van der Waals surface area contributed by atoms with Crippen molar-refractivity contribution < 1.29 is 23.0 Å². The van der Waals surface area contributed by atoms with Gasteiger partial charge in [0.25, 0.3) is 0 Å². The number of nitrogens with zero attached hydrogens (tertiary/aromatic N) is 1. The number of benzene rings is 3. The van der Waals surface area contributed by atoms with Gasteiger partial charge in [0.05, 0.1) is 18.1 Å². The van der Waals surface area contributed by atoms with Crippen molar-refractivity contribution >= 4 is 10.0 Å². The molecule has 0 aliphatic carbocycles. The van der Waals surface area contributed by atoms with Crippen molar-refractivity contribution in [2.45, 2.75) is 36.4 Å². The van der Waals surface area contributed by atoms with Crippen LogP contribution in [0.1, 0.15) is 17.5 Å². The van der Waals surface area contributed by atoms with Gasteiger partial charge in [0, 0.05) is 19.5 Å². The van der Waals surface area contributed by atoms with E-state index in [1.165, 1.54) is 4.31 Å². The van der Waals surface area contributed by atoms with E-state index >= 15 is 0 Å². The molecule has 0 radical (unpaired) electrons. The molecule has 0 saturated carbocycles. The van der Waals surface area contributed by atoms with E-state index in [0.717, 1.165) is 11.1 Å². The molecule has 6 nitrogen and oxygen atoms in total. The first kappa shape index (κ1) is 22.6. The summed E-state index contributed by atoms with van der Waals surface area (Å²) in [6.07, 6.45) is -0.943. The zero-order chi connectivity index (χ0) is 22.4. The van der Waals surface area contributed by atoms with E-state index in [2.05, 4.69) is 0 Å². The molecule has 4 rings (SSSR count). The van der Waals surface area contributed by atoms with E-state index in [1.807, 2.05) is 60.7 Å². The summed E-state index contributed by atoms with van der Waals surface area (Å²) in [6.45, 7) is 0.564. The quantitative estimate of drug-likeness (QED) is 0.528. The van der Waals surface area contributed by atoms with Crippen molar-refractivity contribution in [1.29, 1.82) is 0 Å². The lowest BCUT2D eigenvalue weighted by Gasteiger charge is -2.44. The Balaban J connectivity index is 1.53. The summed E-state index contributed by atoms with van der Waals surface area (Å²) in [4.78, 5) is 0.204. The van der Waals surface area contributed by atoms with Gasteiger partial charge in [0.1, 0.15) is 6.10 Å². The molecular formula is C25H27NO5S. The van der Waals surface area contributed by atoms with Crippen LogP contribution in [0.5, 0.6) is 0 Å². The Morgan fingerprint density at radius 1 is 0.812 bits per heavy atom. The fourth-order valence-corrected chi connectivity index (χ4v) is 5.24. The zero-order valence-electron chi connectivity index (χ0n) is 17.7. The van der Waals surface area contributed by atoms with E-state index in [9.17, 15) is 13.5 Å². The van der Waals surface area contributed by atoms with Gasteiger partial charge >= 0.3 is 0 Å². The predicted molar refractivity (Wildman–Crippen MR) is 121 cm³/mol. The molecule has 1 unspecified atom stereocenters. The van der Waals surface area contributed by atoms with Crippen molar-refractivity contribution in [3.63, 3.8) is 0 Å². The Hall–Kier alpha value is -2.55. The second-order valence-electron chi connectivity index (χ2n) is 7.80. The number of piperidine rings is 1. The van der Waals surface area contributed by atoms with Gasteiger partial charge in [-0.1, -0.05) is 78.9 Å². The molecule has 0 aromatic heterocycles. The van der Waals surface area contributed by atoms with Gasteiger partial charge in [0.2, 0.25) is 10.0 Å². The monoisotopic (exact) mass is 453 g/mol. The smallest absolute Gasteiger partial charge is 0.243 e. The highest BCUT2D eigenvalue weighted by molar-refractivity contribution is 7.89. The van der Waals surface area contributed by atoms with E-state index in [1.54, 1.807) is 30.3 Å². The third kappa shape index (κ3) is 5.09. The van der Waals surface area contributed by atoms with Crippen molar-refractivity contribution in [1.82, 2.24) is 4.31 Å². The Bertz CT molecular complexity index is 1050.